The third kappa shape index (κ3) is 4.95. The van der Waals surface area contributed by atoms with Crippen LogP contribution in [0.25, 0.3) is 0 Å². The molecule has 3 rings (SSSR count). The molecule has 1 fully saturated rings. The van der Waals surface area contributed by atoms with Crippen molar-refractivity contribution < 1.29 is 13.2 Å². The molecule has 0 atom stereocenters. The summed E-state index contributed by atoms with van der Waals surface area (Å²) in [6.07, 6.45) is 0. The van der Waals surface area contributed by atoms with Crippen molar-refractivity contribution in [2.75, 3.05) is 51.6 Å². The van der Waals surface area contributed by atoms with Gasteiger partial charge in [0.25, 0.3) is 5.91 Å². The summed E-state index contributed by atoms with van der Waals surface area (Å²) in [5.74, 6) is -0.0194. The van der Waals surface area contributed by atoms with Crippen molar-refractivity contribution in [1.82, 2.24) is 14.1 Å². The highest BCUT2D eigenvalue weighted by Crippen LogP contribution is 2.19. The zero-order valence-electron chi connectivity index (χ0n) is 17.2. The smallest absolute Gasteiger partial charge is 0.303 e. The molecule has 0 bridgehead atoms. The van der Waals surface area contributed by atoms with Gasteiger partial charge in [-0.15, -0.1) is 0 Å². The number of benzene rings is 2. The number of piperazine rings is 1. The van der Waals surface area contributed by atoms with Gasteiger partial charge in [0, 0.05) is 59.4 Å². The van der Waals surface area contributed by atoms with Crippen molar-refractivity contribution in [1.29, 1.82) is 0 Å². The van der Waals surface area contributed by atoms with Crippen LogP contribution in [0.2, 0.25) is 0 Å². The average molecular weight is 417 g/mol. The summed E-state index contributed by atoms with van der Waals surface area (Å²) in [5.41, 5.74) is 2.36. The molecule has 1 heterocycles. The summed E-state index contributed by atoms with van der Waals surface area (Å²) in [6, 6.07) is 17.0. The molecule has 0 unspecified atom stereocenters. The molecular formula is C21H28N4O3S. The maximum Gasteiger partial charge on any atom is 0.303 e. The number of anilines is 1. The van der Waals surface area contributed by atoms with Gasteiger partial charge in [0.05, 0.1) is 5.69 Å². The Morgan fingerprint density at radius 1 is 0.897 bits per heavy atom. The molecule has 0 saturated carbocycles. The molecule has 0 radical (unpaired) electrons. The van der Waals surface area contributed by atoms with Crippen LogP contribution < -0.4 is 4.31 Å². The number of rotatable bonds is 6. The normalized spacial score (nSPS) is 15.5. The summed E-state index contributed by atoms with van der Waals surface area (Å²) in [4.78, 5) is 17.0. The van der Waals surface area contributed by atoms with Crippen molar-refractivity contribution in [3.8, 4) is 0 Å². The van der Waals surface area contributed by atoms with Crippen molar-refractivity contribution >= 4 is 21.8 Å². The minimum Gasteiger partial charge on any atom is -0.336 e. The zero-order chi connectivity index (χ0) is 21.0. The first kappa shape index (κ1) is 21.3. The van der Waals surface area contributed by atoms with Crippen molar-refractivity contribution in [2.45, 2.75) is 6.54 Å². The first-order chi connectivity index (χ1) is 13.8. The molecular weight excluding hydrogens is 388 g/mol. The molecule has 29 heavy (non-hydrogen) atoms. The largest absolute Gasteiger partial charge is 0.336 e. The molecule has 0 spiro atoms. The van der Waals surface area contributed by atoms with E-state index in [0.29, 0.717) is 24.3 Å². The Hall–Kier alpha value is -2.42. The molecule has 156 valence electrons. The lowest BCUT2D eigenvalue weighted by molar-refractivity contribution is 0.0628. The molecule has 1 aliphatic heterocycles. The van der Waals surface area contributed by atoms with Crippen LogP contribution in [0.3, 0.4) is 0 Å². The second-order valence-corrected chi connectivity index (χ2v) is 9.53. The molecule has 0 aromatic heterocycles. The summed E-state index contributed by atoms with van der Waals surface area (Å²) < 4.78 is 26.8. The van der Waals surface area contributed by atoms with Gasteiger partial charge in [-0.25, -0.2) is 0 Å². The van der Waals surface area contributed by atoms with E-state index in [2.05, 4.69) is 17.0 Å². The van der Waals surface area contributed by atoms with Gasteiger partial charge in [-0.3, -0.25) is 14.0 Å². The molecule has 7 nitrogen and oxygen atoms in total. The van der Waals surface area contributed by atoms with Crippen LogP contribution in [0, 0.1) is 0 Å². The highest BCUT2D eigenvalue weighted by atomic mass is 32.2. The summed E-state index contributed by atoms with van der Waals surface area (Å²) >= 11 is 0. The van der Waals surface area contributed by atoms with E-state index in [1.807, 2.05) is 23.1 Å². The van der Waals surface area contributed by atoms with Gasteiger partial charge in [0.15, 0.2) is 0 Å². The minimum atomic E-state index is -3.55. The van der Waals surface area contributed by atoms with Crippen molar-refractivity contribution in [3.63, 3.8) is 0 Å². The summed E-state index contributed by atoms with van der Waals surface area (Å²) in [7, 11) is 0.923. The monoisotopic (exact) mass is 416 g/mol. The molecule has 2 aromatic carbocycles. The number of amides is 1. The Labute approximate surface area is 173 Å². The quantitative estimate of drug-likeness (QED) is 0.721. The molecule has 1 amide bonds. The van der Waals surface area contributed by atoms with Gasteiger partial charge in [0.1, 0.15) is 0 Å². The van der Waals surface area contributed by atoms with Crippen LogP contribution in [-0.4, -0.2) is 75.8 Å². The second kappa shape index (κ2) is 8.94. The highest BCUT2D eigenvalue weighted by molar-refractivity contribution is 7.90. The Morgan fingerprint density at radius 2 is 1.48 bits per heavy atom. The number of hydrogen-bond donors (Lipinski definition) is 0. The lowest BCUT2D eigenvalue weighted by atomic mass is 10.1. The van der Waals surface area contributed by atoms with E-state index < -0.39 is 10.2 Å². The molecule has 0 N–H and O–H groups in total. The number of nitrogens with zero attached hydrogens (tertiary/aromatic N) is 4. The number of hydrogen-bond acceptors (Lipinski definition) is 4. The van der Waals surface area contributed by atoms with Crippen LogP contribution in [0.4, 0.5) is 5.69 Å². The minimum absolute atomic E-state index is 0.0194. The topological polar surface area (TPSA) is 64.2 Å². The van der Waals surface area contributed by atoms with Crippen LogP contribution in [-0.2, 0) is 16.8 Å². The Kier molecular flexibility index (Phi) is 6.56. The maximum atomic E-state index is 12.8. The average Bonchev–Trinajstić information content (AvgIpc) is 2.74. The number of carbonyl (C=O) groups is 1. The van der Waals surface area contributed by atoms with Crippen LogP contribution >= 0.6 is 0 Å². The van der Waals surface area contributed by atoms with E-state index in [4.69, 9.17) is 0 Å². The fraction of sp³-hybridized carbons (Fsp3) is 0.381. The van der Waals surface area contributed by atoms with E-state index in [1.54, 1.807) is 24.3 Å². The molecule has 1 saturated heterocycles. The first-order valence-corrected chi connectivity index (χ1v) is 11.0. The third-order valence-electron chi connectivity index (χ3n) is 5.19. The van der Waals surface area contributed by atoms with Gasteiger partial charge in [-0.2, -0.15) is 12.7 Å². The van der Waals surface area contributed by atoms with Crippen LogP contribution in [0.15, 0.2) is 54.6 Å². The van der Waals surface area contributed by atoms with Gasteiger partial charge in [-0.1, -0.05) is 30.3 Å². The van der Waals surface area contributed by atoms with Gasteiger partial charge >= 0.3 is 10.2 Å². The van der Waals surface area contributed by atoms with E-state index in [1.165, 1.54) is 31.0 Å². The summed E-state index contributed by atoms with van der Waals surface area (Å²) in [6.45, 7) is 3.93. The molecule has 1 aliphatic rings. The van der Waals surface area contributed by atoms with Crippen LogP contribution in [0.1, 0.15) is 15.9 Å². The maximum absolute atomic E-state index is 12.8. The SMILES string of the molecule is CN(C)S(=O)(=O)N(C)c1ccc(C(=O)N2CCN(Cc3ccccc3)CC2)cc1. The van der Waals surface area contributed by atoms with Crippen molar-refractivity contribution in [3.05, 3.63) is 65.7 Å². The lowest BCUT2D eigenvalue weighted by Crippen LogP contribution is -2.48. The van der Waals surface area contributed by atoms with Gasteiger partial charge < -0.3 is 4.90 Å². The standard InChI is InChI=1S/C21H28N4O3S/c1-22(2)29(27,28)23(3)20-11-9-19(10-12-20)21(26)25-15-13-24(14-16-25)17-18-7-5-4-6-8-18/h4-12H,13-17H2,1-3H3. The summed E-state index contributed by atoms with van der Waals surface area (Å²) in [5, 5.41) is 0. The van der Waals surface area contributed by atoms with Gasteiger partial charge in [-0.05, 0) is 29.8 Å². The third-order valence-corrected chi connectivity index (χ3v) is 7.02. The predicted octanol–water partition coefficient (Wildman–Crippen LogP) is 1.89. The zero-order valence-corrected chi connectivity index (χ0v) is 18.0. The fourth-order valence-corrected chi connectivity index (χ4v) is 4.20. The molecule has 8 heteroatoms. The van der Waals surface area contributed by atoms with Crippen molar-refractivity contribution in [2.24, 2.45) is 0 Å². The van der Waals surface area contributed by atoms with E-state index in [9.17, 15) is 13.2 Å². The Balaban J connectivity index is 1.59. The Bertz CT molecular complexity index is 922. The predicted molar refractivity (Wildman–Crippen MR) is 115 cm³/mol. The molecule has 2 aromatic rings. The van der Waals surface area contributed by atoms with E-state index in [0.717, 1.165) is 23.9 Å². The molecule has 0 aliphatic carbocycles. The van der Waals surface area contributed by atoms with E-state index in [-0.39, 0.29) is 5.91 Å². The van der Waals surface area contributed by atoms with Crippen LogP contribution in [0.5, 0.6) is 0 Å². The first-order valence-electron chi connectivity index (χ1n) is 9.61. The van der Waals surface area contributed by atoms with E-state index >= 15 is 0 Å². The highest BCUT2D eigenvalue weighted by Gasteiger charge is 2.24. The Morgan fingerprint density at radius 3 is 2.03 bits per heavy atom. The lowest BCUT2D eigenvalue weighted by Gasteiger charge is -2.34. The number of carbonyl (C=O) groups excluding carboxylic acids is 1. The second-order valence-electron chi connectivity index (χ2n) is 7.36. The van der Waals surface area contributed by atoms with Gasteiger partial charge in [0.2, 0.25) is 0 Å². The fourth-order valence-electron chi connectivity index (χ4n) is 3.33.